The average Bonchev–Trinajstić information content (AvgIpc) is 2.19. The summed E-state index contributed by atoms with van der Waals surface area (Å²) in [6.45, 7) is 29.0. The maximum Gasteiger partial charge on any atom is -0.0135 e. The minimum atomic E-state index is -0.00136. The Bertz CT molecular complexity index is 339. The van der Waals surface area contributed by atoms with E-state index in [1.54, 1.807) is 0 Å². The molecule has 0 fully saturated rings. The van der Waals surface area contributed by atoms with E-state index < -0.39 is 0 Å². The van der Waals surface area contributed by atoms with Gasteiger partial charge in [0.2, 0.25) is 0 Å². The first-order valence-corrected chi connectivity index (χ1v) is 12.2. The van der Waals surface area contributed by atoms with Gasteiger partial charge in [0.05, 0.1) is 0 Å². The zero-order valence-corrected chi connectivity index (χ0v) is 20.0. The summed E-state index contributed by atoms with van der Waals surface area (Å²) in [5.74, 6) is 0. The van der Waals surface area contributed by atoms with Gasteiger partial charge >= 0.3 is 0 Å². The van der Waals surface area contributed by atoms with Gasteiger partial charge < -0.3 is 0 Å². The Morgan fingerprint density at radius 3 is 1.17 bits per heavy atom. The predicted octanol–water partition coefficient (Wildman–Crippen LogP) is 8.09. The normalized spacial score (nSPS) is 15.2. The highest BCUT2D eigenvalue weighted by atomic mass is 31.1. The van der Waals surface area contributed by atoms with Crippen LogP contribution < -0.4 is 0 Å². The molecule has 0 saturated heterocycles. The molecule has 0 N–H and O–H groups in total. The molecule has 0 aliphatic heterocycles. The second-order valence-corrected chi connectivity index (χ2v) is 18.6. The van der Waals surface area contributed by atoms with Crippen molar-refractivity contribution >= 4 is 15.8 Å². The first kappa shape index (κ1) is 23.6. The molecule has 0 radical (unpaired) electrons. The number of hydrogen-bond donors (Lipinski definition) is 0. The van der Waals surface area contributed by atoms with Gasteiger partial charge in [0.1, 0.15) is 0 Å². The van der Waals surface area contributed by atoms with Gasteiger partial charge in [-0.05, 0) is 39.4 Å². The van der Waals surface area contributed by atoms with Crippen LogP contribution in [0.25, 0.3) is 0 Å². The Balaban J connectivity index is 4.71. The van der Waals surface area contributed by atoms with Crippen molar-refractivity contribution in [2.45, 2.75) is 110 Å². The Kier molecular flexibility index (Phi) is 8.54. The van der Waals surface area contributed by atoms with E-state index in [1.807, 2.05) is 0 Å². The Labute approximate surface area is 150 Å². The first-order valence-electron chi connectivity index (χ1n) is 9.18. The molecule has 0 amide bonds. The van der Waals surface area contributed by atoms with E-state index in [0.717, 1.165) is 0 Å². The molecule has 0 aromatic rings. The predicted molar refractivity (Wildman–Crippen MR) is 116 cm³/mol. The fourth-order valence-electron chi connectivity index (χ4n) is 3.73. The van der Waals surface area contributed by atoms with Crippen LogP contribution in [-0.2, 0) is 0 Å². The lowest BCUT2D eigenvalue weighted by atomic mass is 10.2. The van der Waals surface area contributed by atoms with Crippen LogP contribution in [0.2, 0.25) is 0 Å². The van der Waals surface area contributed by atoms with Crippen molar-refractivity contribution in [1.29, 1.82) is 0 Å². The molecule has 23 heavy (non-hydrogen) atoms. The fraction of sp³-hybridized carbons (Fsp3) is 0.905. The highest BCUT2D eigenvalue weighted by molar-refractivity contribution is 7.61. The van der Waals surface area contributed by atoms with Gasteiger partial charge in [-0.25, -0.2) is 0 Å². The molecule has 0 nitrogen and oxygen atoms in total. The van der Waals surface area contributed by atoms with Crippen LogP contribution in [-0.4, -0.2) is 32.9 Å². The molecule has 0 saturated carbocycles. The molecule has 0 rings (SSSR count). The standard InChI is InChI=1S/C21H44P2/c1-18(2,3)22(19(4,5)6)16-14-13-15-17-23(20(7,8)9)21(10,11)12/h13-14H,15-17H2,1-12H3/b14-13+. The van der Waals surface area contributed by atoms with Crippen LogP contribution in [0.1, 0.15) is 89.5 Å². The van der Waals surface area contributed by atoms with Gasteiger partial charge in [0, 0.05) is 0 Å². The van der Waals surface area contributed by atoms with Crippen LogP contribution >= 0.6 is 15.8 Å². The largest absolute Gasteiger partial charge is 0.0953 e. The van der Waals surface area contributed by atoms with Gasteiger partial charge in [0.25, 0.3) is 0 Å². The van der Waals surface area contributed by atoms with E-state index in [-0.39, 0.29) is 15.8 Å². The summed E-state index contributed by atoms with van der Waals surface area (Å²) in [6.07, 6.45) is 8.84. The smallest absolute Gasteiger partial charge is 0.0135 e. The summed E-state index contributed by atoms with van der Waals surface area (Å²) >= 11 is 0. The second kappa shape index (κ2) is 8.32. The molecule has 0 aromatic heterocycles. The lowest BCUT2D eigenvalue weighted by Gasteiger charge is -2.42. The summed E-state index contributed by atoms with van der Waals surface area (Å²) in [6, 6.07) is 0. The molecule has 0 atom stereocenters. The van der Waals surface area contributed by atoms with Crippen LogP contribution in [0.3, 0.4) is 0 Å². The van der Waals surface area contributed by atoms with Crippen molar-refractivity contribution in [3.63, 3.8) is 0 Å². The van der Waals surface area contributed by atoms with Crippen molar-refractivity contribution in [3.05, 3.63) is 12.2 Å². The summed E-state index contributed by atoms with van der Waals surface area (Å²) in [4.78, 5) is 0. The molecule has 0 unspecified atom stereocenters. The highest BCUT2D eigenvalue weighted by Crippen LogP contribution is 2.60. The van der Waals surface area contributed by atoms with Crippen LogP contribution in [0, 0.1) is 0 Å². The summed E-state index contributed by atoms with van der Waals surface area (Å²) in [5.41, 5.74) is 0. The van der Waals surface area contributed by atoms with Crippen molar-refractivity contribution in [3.8, 4) is 0 Å². The molecule has 0 spiro atoms. The monoisotopic (exact) mass is 358 g/mol. The van der Waals surface area contributed by atoms with Crippen LogP contribution in [0.4, 0.5) is 0 Å². The average molecular weight is 359 g/mol. The third-order valence-corrected chi connectivity index (χ3v) is 12.0. The van der Waals surface area contributed by atoms with Gasteiger partial charge in [-0.3, -0.25) is 0 Å². The van der Waals surface area contributed by atoms with E-state index in [2.05, 4.69) is 95.2 Å². The zero-order chi connectivity index (χ0) is 18.7. The minimum absolute atomic E-state index is 0.00136. The number of rotatable bonds is 5. The molecule has 2 heteroatoms. The molecule has 0 bridgehead atoms. The maximum atomic E-state index is 2.49. The Morgan fingerprint density at radius 1 is 0.522 bits per heavy atom. The third-order valence-electron chi connectivity index (χ3n) is 4.21. The molecule has 138 valence electrons. The summed E-state index contributed by atoms with van der Waals surface area (Å²) in [5, 5.41) is 1.76. The van der Waals surface area contributed by atoms with Gasteiger partial charge in [-0.15, -0.1) is 0 Å². The summed E-state index contributed by atoms with van der Waals surface area (Å²) < 4.78 is 0. The molecule has 0 heterocycles. The number of hydrogen-bond acceptors (Lipinski definition) is 0. The Morgan fingerprint density at radius 2 is 0.870 bits per heavy atom. The van der Waals surface area contributed by atoms with Crippen molar-refractivity contribution in [1.82, 2.24) is 0 Å². The Hall–Kier alpha value is 0.600. The SMILES string of the molecule is CC(C)(C)P(C/C=C/CCP(C(C)(C)C)C(C)(C)C)C(C)(C)C. The molecular formula is C21H44P2. The first-order chi connectivity index (χ1) is 9.97. The van der Waals surface area contributed by atoms with Crippen LogP contribution in [0.5, 0.6) is 0 Å². The molecule has 0 aliphatic rings. The van der Waals surface area contributed by atoms with Crippen molar-refractivity contribution < 1.29 is 0 Å². The van der Waals surface area contributed by atoms with E-state index in [9.17, 15) is 0 Å². The minimum Gasteiger partial charge on any atom is -0.0953 e. The lowest BCUT2D eigenvalue weighted by Crippen LogP contribution is -2.26. The van der Waals surface area contributed by atoms with Gasteiger partial charge in [0.15, 0.2) is 0 Å². The highest BCUT2D eigenvalue weighted by Gasteiger charge is 2.34. The van der Waals surface area contributed by atoms with Crippen LogP contribution in [0.15, 0.2) is 12.2 Å². The molecule has 0 aliphatic carbocycles. The third kappa shape index (κ3) is 9.02. The second-order valence-electron chi connectivity index (χ2n) is 10.7. The maximum absolute atomic E-state index is 2.49. The topological polar surface area (TPSA) is 0 Å². The number of allylic oxidation sites excluding steroid dienone is 2. The van der Waals surface area contributed by atoms with Gasteiger partial charge in [-0.2, -0.15) is 0 Å². The lowest BCUT2D eigenvalue weighted by molar-refractivity contribution is 0.703. The zero-order valence-electron chi connectivity index (χ0n) is 18.2. The summed E-state index contributed by atoms with van der Waals surface area (Å²) in [7, 11) is 0.0328. The van der Waals surface area contributed by atoms with E-state index >= 15 is 0 Å². The fourth-order valence-corrected chi connectivity index (χ4v) is 11.0. The van der Waals surface area contributed by atoms with Crippen molar-refractivity contribution in [2.24, 2.45) is 0 Å². The van der Waals surface area contributed by atoms with Crippen molar-refractivity contribution in [2.75, 3.05) is 12.3 Å². The molecule has 0 aromatic carbocycles. The van der Waals surface area contributed by atoms with E-state index in [1.165, 1.54) is 18.7 Å². The van der Waals surface area contributed by atoms with E-state index in [0.29, 0.717) is 20.6 Å². The van der Waals surface area contributed by atoms with Gasteiger partial charge in [-0.1, -0.05) is 111 Å². The molecular weight excluding hydrogens is 314 g/mol. The quantitative estimate of drug-likeness (QED) is 0.344. The van der Waals surface area contributed by atoms with E-state index in [4.69, 9.17) is 0 Å².